The molecule has 1 aromatic carbocycles. The molecule has 2 aromatic heterocycles. The van der Waals surface area contributed by atoms with E-state index < -0.39 is 0 Å². The number of carbonyl (C=O) groups is 1. The van der Waals surface area contributed by atoms with Gasteiger partial charge in [0.2, 0.25) is 11.6 Å². The summed E-state index contributed by atoms with van der Waals surface area (Å²) in [6.07, 6.45) is 3.23. The number of halogens is 1. The quantitative estimate of drug-likeness (QED) is 0.801. The van der Waals surface area contributed by atoms with Gasteiger partial charge in [-0.25, -0.2) is 9.37 Å². The summed E-state index contributed by atoms with van der Waals surface area (Å²) in [5.41, 5.74) is 1.68. The second kappa shape index (κ2) is 5.92. The van der Waals surface area contributed by atoms with Crippen LogP contribution in [-0.2, 0) is 4.79 Å². The Morgan fingerprint density at radius 3 is 2.92 bits per heavy atom. The predicted molar refractivity (Wildman–Crippen MR) is 87.2 cm³/mol. The van der Waals surface area contributed by atoms with Crippen molar-refractivity contribution in [3.05, 3.63) is 48.4 Å². The van der Waals surface area contributed by atoms with Crippen LogP contribution in [0, 0.1) is 5.82 Å². The van der Waals surface area contributed by atoms with Crippen LogP contribution in [0.4, 0.5) is 16.1 Å². The Hall–Kier alpha value is -2.96. The number of amides is 1. The van der Waals surface area contributed by atoms with Crippen LogP contribution in [-0.4, -0.2) is 28.5 Å². The zero-order chi connectivity index (χ0) is 16.5. The number of fused-ring (bicyclic) bond motifs is 1. The first-order chi connectivity index (χ1) is 11.7. The van der Waals surface area contributed by atoms with E-state index in [9.17, 15) is 9.18 Å². The highest BCUT2D eigenvalue weighted by molar-refractivity contribution is 5.97. The molecular weight excluding hydrogens is 311 g/mol. The second-order valence-electron chi connectivity index (χ2n) is 5.67. The summed E-state index contributed by atoms with van der Waals surface area (Å²) >= 11 is 0. The molecule has 0 bridgehead atoms. The van der Waals surface area contributed by atoms with Gasteiger partial charge < -0.3 is 14.6 Å². The summed E-state index contributed by atoms with van der Waals surface area (Å²) in [6.45, 7) is 0.689. The highest BCUT2D eigenvalue weighted by Crippen LogP contribution is 2.28. The van der Waals surface area contributed by atoms with Crippen LogP contribution in [0.1, 0.15) is 12.8 Å². The molecule has 1 unspecified atom stereocenters. The molecule has 1 aliphatic rings. The van der Waals surface area contributed by atoms with Crippen LogP contribution in [0.5, 0.6) is 0 Å². The molecule has 3 heterocycles. The number of carbonyl (C=O) groups excluding carboxylic acids is 1. The molecule has 1 aliphatic heterocycles. The standard InChI is InChI=1S/C17H15FN4O2/c18-11-5-7-12(8-6-11)20-16(23)13-3-2-10-22(13)17-21-15-14(24-17)4-1-9-19-15/h1,4-9,13H,2-3,10H2,(H,20,23). The fourth-order valence-corrected chi connectivity index (χ4v) is 2.91. The Labute approximate surface area is 137 Å². The van der Waals surface area contributed by atoms with Crippen molar-refractivity contribution in [3.8, 4) is 0 Å². The lowest BCUT2D eigenvalue weighted by molar-refractivity contribution is -0.117. The van der Waals surface area contributed by atoms with E-state index in [2.05, 4.69) is 15.3 Å². The van der Waals surface area contributed by atoms with Gasteiger partial charge in [-0.05, 0) is 49.2 Å². The van der Waals surface area contributed by atoms with Crippen molar-refractivity contribution in [2.45, 2.75) is 18.9 Å². The van der Waals surface area contributed by atoms with Gasteiger partial charge in [-0.2, -0.15) is 4.98 Å². The van der Waals surface area contributed by atoms with E-state index in [1.165, 1.54) is 24.3 Å². The van der Waals surface area contributed by atoms with Crippen LogP contribution < -0.4 is 10.2 Å². The first-order valence-corrected chi connectivity index (χ1v) is 7.75. The van der Waals surface area contributed by atoms with Gasteiger partial charge in [-0.15, -0.1) is 0 Å². The monoisotopic (exact) mass is 326 g/mol. The minimum atomic E-state index is -0.372. The van der Waals surface area contributed by atoms with Gasteiger partial charge in [0.1, 0.15) is 11.9 Å². The molecule has 1 saturated heterocycles. The molecule has 24 heavy (non-hydrogen) atoms. The second-order valence-corrected chi connectivity index (χ2v) is 5.67. The molecule has 0 radical (unpaired) electrons. The van der Waals surface area contributed by atoms with Crippen LogP contribution >= 0.6 is 0 Å². The fraction of sp³-hybridized carbons (Fsp3) is 0.235. The third kappa shape index (κ3) is 2.68. The van der Waals surface area contributed by atoms with E-state index in [0.717, 1.165) is 6.42 Å². The first kappa shape index (κ1) is 14.6. The van der Waals surface area contributed by atoms with Crippen LogP contribution in [0.2, 0.25) is 0 Å². The van der Waals surface area contributed by atoms with Gasteiger partial charge in [0.25, 0.3) is 0 Å². The largest absolute Gasteiger partial charge is 0.422 e. The summed E-state index contributed by atoms with van der Waals surface area (Å²) in [7, 11) is 0. The van der Waals surface area contributed by atoms with Gasteiger partial charge in [0, 0.05) is 18.4 Å². The van der Waals surface area contributed by atoms with Gasteiger partial charge in [-0.3, -0.25) is 4.79 Å². The van der Waals surface area contributed by atoms with Crippen molar-refractivity contribution in [1.29, 1.82) is 0 Å². The topological polar surface area (TPSA) is 71.3 Å². The fourth-order valence-electron chi connectivity index (χ4n) is 2.91. The number of nitrogens with one attached hydrogen (secondary N) is 1. The van der Waals surface area contributed by atoms with Crippen molar-refractivity contribution >= 4 is 28.8 Å². The smallest absolute Gasteiger partial charge is 0.300 e. The number of hydrogen-bond donors (Lipinski definition) is 1. The van der Waals surface area contributed by atoms with Crippen molar-refractivity contribution in [2.24, 2.45) is 0 Å². The summed E-state index contributed by atoms with van der Waals surface area (Å²) in [6, 6.07) is 9.31. The molecular formula is C17H15FN4O2. The molecule has 4 rings (SSSR count). The summed E-state index contributed by atoms with van der Waals surface area (Å²) in [5.74, 6) is -0.496. The molecule has 1 amide bonds. The van der Waals surface area contributed by atoms with Crippen molar-refractivity contribution in [2.75, 3.05) is 16.8 Å². The molecule has 0 spiro atoms. The van der Waals surface area contributed by atoms with Gasteiger partial charge in [0.15, 0.2) is 5.58 Å². The Balaban J connectivity index is 1.55. The number of pyridine rings is 1. The minimum absolute atomic E-state index is 0.158. The Kier molecular flexibility index (Phi) is 3.60. The van der Waals surface area contributed by atoms with Crippen LogP contribution in [0.3, 0.4) is 0 Å². The molecule has 122 valence electrons. The molecule has 7 heteroatoms. The molecule has 1 N–H and O–H groups in total. The molecule has 1 atom stereocenters. The number of aromatic nitrogens is 2. The maximum Gasteiger partial charge on any atom is 0.300 e. The average molecular weight is 326 g/mol. The van der Waals surface area contributed by atoms with E-state index in [-0.39, 0.29) is 17.8 Å². The van der Waals surface area contributed by atoms with Crippen molar-refractivity contribution in [3.63, 3.8) is 0 Å². The van der Waals surface area contributed by atoms with E-state index in [0.29, 0.717) is 35.9 Å². The number of hydrogen-bond acceptors (Lipinski definition) is 5. The van der Waals surface area contributed by atoms with Gasteiger partial charge in [-0.1, -0.05) is 0 Å². The number of benzene rings is 1. The molecule has 0 aliphatic carbocycles. The van der Waals surface area contributed by atoms with E-state index >= 15 is 0 Å². The Morgan fingerprint density at radius 1 is 1.29 bits per heavy atom. The SMILES string of the molecule is O=C(Nc1ccc(F)cc1)C1CCCN1c1nc2ncccc2o1. The molecule has 3 aromatic rings. The van der Waals surface area contributed by atoms with Crippen molar-refractivity contribution in [1.82, 2.24) is 9.97 Å². The minimum Gasteiger partial charge on any atom is -0.422 e. The number of rotatable bonds is 3. The summed E-state index contributed by atoms with van der Waals surface area (Å²) in [4.78, 5) is 22.9. The number of anilines is 2. The lowest BCUT2D eigenvalue weighted by atomic mass is 10.2. The summed E-state index contributed by atoms with van der Waals surface area (Å²) < 4.78 is 18.7. The Bertz CT molecular complexity index is 845. The zero-order valence-electron chi connectivity index (χ0n) is 12.8. The summed E-state index contributed by atoms with van der Waals surface area (Å²) in [5, 5.41) is 2.81. The van der Waals surface area contributed by atoms with Crippen molar-refractivity contribution < 1.29 is 13.6 Å². The third-order valence-corrected chi connectivity index (χ3v) is 4.07. The maximum atomic E-state index is 13.0. The number of oxazole rings is 1. The van der Waals surface area contributed by atoms with Gasteiger partial charge in [0.05, 0.1) is 0 Å². The van der Waals surface area contributed by atoms with E-state index in [4.69, 9.17) is 4.42 Å². The highest BCUT2D eigenvalue weighted by Gasteiger charge is 2.34. The normalized spacial score (nSPS) is 17.4. The highest BCUT2D eigenvalue weighted by atomic mass is 19.1. The molecule has 1 fully saturated rings. The lowest BCUT2D eigenvalue weighted by Gasteiger charge is -2.21. The lowest BCUT2D eigenvalue weighted by Crippen LogP contribution is -2.39. The Morgan fingerprint density at radius 2 is 2.12 bits per heavy atom. The zero-order valence-corrected chi connectivity index (χ0v) is 12.8. The first-order valence-electron chi connectivity index (χ1n) is 7.75. The number of nitrogens with zero attached hydrogens (tertiary/aromatic N) is 3. The van der Waals surface area contributed by atoms with E-state index in [1.54, 1.807) is 18.3 Å². The molecule has 6 nitrogen and oxygen atoms in total. The van der Waals surface area contributed by atoms with Gasteiger partial charge >= 0.3 is 6.01 Å². The molecule has 0 saturated carbocycles. The van der Waals surface area contributed by atoms with E-state index in [1.807, 2.05) is 4.90 Å². The maximum absolute atomic E-state index is 13.0. The van der Waals surface area contributed by atoms with Crippen LogP contribution in [0.15, 0.2) is 47.0 Å². The average Bonchev–Trinajstić information content (AvgIpc) is 3.23. The third-order valence-electron chi connectivity index (χ3n) is 4.07. The predicted octanol–water partition coefficient (Wildman–Crippen LogP) is 2.97. The van der Waals surface area contributed by atoms with Crippen LogP contribution in [0.25, 0.3) is 11.2 Å².